The Morgan fingerprint density at radius 1 is 1.35 bits per heavy atom. The normalized spacial score (nSPS) is 16.0. The zero-order chi connectivity index (χ0) is 14.4. The molecule has 1 atom stereocenters. The highest BCUT2D eigenvalue weighted by Crippen LogP contribution is 2.17. The summed E-state index contributed by atoms with van der Waals surface area (Å²) in [5.74, 6) is 1.01. The van der Waals surface area contributed by atoms with Crippen molar-refractivity contribution < 1.29 is 9.53 Å². The monoisotopic (exact) mass is 277 g/mol. The van der Waals surface area contributed by atoms with E-state index in [0.717, 1.165) is 37.4 Å². The molecule has 1 unspecified atom stereocenters. The van der Waals surface area contributed by atoms with Gasteiger partial charge in [-0.1, -0.05) is 0 Å². The fraction of sp³-hybridized carbons (Fsp3) is 0.533. The zero-order valence-electron chi connectivity index (χ0n) is 12.0. The molecule has 20 heavy (non-hydrogen) atoms. The molecule has 1 fully saturated rings. The van der Waals surface area contributed by atoms with Gasteiger partial charge in [-0.25, -0.2) is 0 Å². The highest BCUT2D eigenvalue weighted by molar-refractivity contribution is 5.77. The van der Waals surface area contributed by atoms with E-state index in [2.05, 4.69) is 5.32 Å². The third kappa shape index (κ3) is 3.87. The Morgan fingerprint density at radius 2 is 2.00 bits per heavy atom. The second-order valence-corrected chi connectivity index (χ2v) is 5.10. The number of benzene rings is 1. The largest absolute Gasteiger partial charge is 0.497 e. The molecule has 3 N–H and O–H groups in total. The lowest BCUT2D eigenvalue weighted by atomic mass is 10.1. The molecule has 0 saturated carbocycles. The molecule has 1 amide bonds. The second-order valence-electron chi connectivity index (χ2n) is 5.10. The quantitative estimate of drug-likeness (QED) is 0.826. The van der Waals surface area contributed by atoms with Crippen LogP contribution >= 0.6 is 0 Å². The summed E-state index contributed by atoms with van der Waals surface area (Å²) in [4.78, 5) is 14.0. The van der Waals surface area contributed by atoms with E-state index in [1.54, 1.807) is 7.11 Å². The van der Waals surface area contributed by atoms with Crippen LogP contribution in [0.4, 0.5) is 5.69 Å². The number of ether oxygens (including phenoxy) is 1. The summed E-state index contributed by atoms with van der Waals surface area (Å²) < 4.78 is 5.12. The number of rotatable bonds is 6. The van der Waals surface area contributed by atoms with E-state index in [1.165, 1.54) is 0 Å². The van der Waals surface area contributed by atoms with Gasteiger partial charge in [0.1, 0.15) is 5.75 Å². The van der Waals surface area contributed by atoms with Crippen molar-refractivity contribution in [3.05, 3.63) is 24.3 Å². The van der Waals surface area contributed by atoms with Crippen LogP contribution in [0, 0.1) is 0 Å². The lowest BCUT2D eigenvalue weighted by Gasteiger charge is -2.21. The third-order valence-electron chi connectivity index (χ3n) is 3.63. The minimum Gasteiger partial charge on any atom is -0.497 e. The molecule has 1 heterocycles. The van der Waals surface area contributed by atoms with Crippen LogP contribution in [0.3, 0.4) is 0 Å². The zero-order valence-corrected chi connectivity index (χ0v) is 12.0. The van der Waals surface area contributed by atoms with Gasteiger partial charge >= 0.3 is 0 Å². The van der Waals surface area contributed by atoms with Crippen LogP contribution in [-0.4, -0.2) is 43.6 Å². The Balaban J connectivity index is 1.88. The van der Waals surface area contributed by atoms with Gasteiger partial charge in [0, 0.05) is 37.8 Å². The molecular weight excluding hydrogens is 254 g/mol. The summed E-state index contributed by atoms with van der Waals surface area (Å²) in [6.07, 6.45) is 2.68. The topological polar surface area (TPSA) is 67.6 Å². The fourth-order valence-electron chi connectivity index (χ4n) is 2.42. The van der Waals surface area contributed by atoms with Gasteiger partial charge in [0.05, 0.1) is 7.11 Å². The van der Waals surface area contributed by atoms with Crippen LogP contribution in [0.5, 0.6) is 5.75 Å². The van der Waals surface area contributed by atoms with Crippen molar-refractivity contribution in [3.63, 3.8) is 0 Å². The lowest BCUT2D eigenvalue weighted by Crippen LogP contribution is -2.37. The van der Waals surface area contributed by atoms with E-state index in [0.29, 0.717) is 13.0 Å². The Kier molecular flexibility index (Phi) is 5.24. The van der Waals surface area contributed by atoms with Crippen LogP contribution in [0.2, 0.25) is 0 Å². The minimum atomic E-state index is -0.0310. The van der Waals surface area contributed by atoms with Gasteiger partial charge in [-0.2, -0.15) is 0 Å². The predicted octanol–water partition coefficient (Wildman–Crippen LogP) is 1.45. The van der Waals surface area contributed by atoms with E-state index in [-0.39, 0.29) is 11.9 Å². The van der Waals surface area contributed by atoms with E-state index in [4.69, 9.17) is 10.5 Å². The van der Waals surface area contributed by atoms with Gasteiger partial charge in [-0.15, -0.1) is 0 Å². The maximum atomic E-state index is 12.1. The van der Waals surface area contributed by atoms with Gasteiger partial charge in [0.2, 0.25) is 5.91 Å². The number of carbonyl (C=O) groups excluding carboxylic acids is 1. The summed E-state index contributed by atoms with van der Waals surface area (Å²) >= 11 is 0. The van der Waals surface area contributed by atoms with E-state index >= 15 is 0 Å². The number of carbonyl (C=O) groups is 1. The first kappa shape index (κ1) is 14.7. The number of nitrogens with two attached hydrogens (primary N) is 1. The van der Waals surface area contributed by atoms with Crippen LogP contribution in [0.25, 0.3) is 0 Å². The second kappa shape index (κ2) is 7.14. The SMILES string of the molecule is COc1ccc(NC(CN)CC(=O)N2CCCC2)cc1. The van der Waals surface area contributed by atoms with E-state index in [9.17, 15) is 4.79 Å². The molecule has 2 rings (SSSR count). The van der Waals surface area contributed by atoms with E-state index in [1.807, 2.05) is 29.2 Å². The number of nitrogens with zero attached hydrogens (tertiary/aromatic N) is 1. The molecule has 0 radical (unpaired) electrons. The molecule has 1 aliphatic heterocycles. The maximum Gasteiger partial charge on any atom is 0.224 e. The van der Waals surface area contributed by atoms with Crippen molar-refractivity contribution >= 4 is 11.6 Å². The van der Waals surface area contributed by atoms with Crippen LogP contribution in [-0.2, 0) is 4.79 Å². The molecule has 0 aromatic heterocycles. The summed E-state index contributed by atoms with van der Waals surface area (Å²) in [6.45, 7) is 2.21. The van der Waals surface area contributed by atoms with Crippen molar-refractivity contribution in [3.8, 4) is 5.75 Å². The van der Waals surface area contributed by atoms with Gasteiger partial charge < -0.3 is 20.7 Å². The molecule has 0 bridgehead atoms. The number of hydrogen-bond acceptors (Lipinski definition) is 4. The first-order valence-corrected chi connectivity index (χ1v) is 7.11. The average molecular weight is 277 g/mol. The van der Waals surface area contributed by atoms with Crippen molar-refractivity contribution in [1.29, 1.82) is 0 Å². The maximum absolute atomic E-state index is 12.1. The van der Waals surface area contributed by atoms with Gasteiger partial charge in [-0.05, 0) is 37.1 Å². The number of likely N-dealkylation sites (tertiary alicyclic amines) is 1. The summed E-state index contributed by atoms with van der Waals surface area (Å²) in [5, 5.41) is 3.31. The van der Waals surface area contributed by atoms with E-state index < -0.39 is 0 Å². The van der Waals surface area contributed by atoms with Crippen LogP contribution in [0.15, 0.2) is 24.3 Å². The Labute approximate surface area is 120 Å². The summed E-state index contributed by atoms with van der Waals surface area (Å²) in [5.41, 5.74) is 6.72. The van der Waals surface area contributed by atoms with Crippen molar-refractivity contribution in [2.45, 2.75) is 25.3 Å². The summed E-state index contributed by atoms with van der Waals surface area (Å²) in [7, 11) is 1.64. The highest BCUT2D eigenvalue weighted by atomic mass is 16.5. The number of methoxy groups -OCH3 is 1. The number of nitrogens with one attached hydrogen (secondary N) is 1. The van der Waals surface area contributed by atoms with Crippen LogP contribution in [0.1, 0.15) is 19.3 Å². The standard InChI is InChI=1S/C15H23N3O2/c1-20-14-6-4-12(5-7-14)17-13(11-16)10-15(19)18-8-2-3-9-18/h4-7,13,17H,2-3,8-11,16H2,1H3. The molecule has 1 aromatic rings. The molecule has 1 aromatic carbocycles. The first-order chi connectivity index (χ1) is 9.72. The molecular formula is C15H23N3O2. The van der Waals surface area contributed by atoms with Crippen molar-refractivity contribution in [1.82, 2.24) is 4.90 Å². The average Bonchev–Trinajstić information content (AvgIpc) is 3.01. The van der Waals surface area contributed by atoms with Crippen LogP contribution < -0.4 is 15.8 Å². The van der Waals surface area contributed by atoms with Crippen molar-refractivity contribution in [2.75, 3.05) is 32.1 Å². The predicted molar refractivity (Wildman–Crippen MR) is 79.9 cm³/mol. The van der Waals surface area contributed by atoms with Crippen molar-refractivity contribution in [2.24, 2.45) is 5.73 Å². The molecule has 110 valence electrons. The Hall–Kier alpha value is -1.75. The molecule has 1 saturated heterocycles. The molecule has 0 aliphatic carbocycles. The Morgan fingerprint density at radius 3 is 2.55 bits per heavy atom. The lowest BCUT2D eigenvalue weighted by molar-refractivity contribution is -0.130. The first-order valence-electron chi connectivity index (χ1n) is 7.11. The Bertz CT molecular complexity index is 427. The third-order valence-corrected chi connectivity index (χ3v) is 3.63. The summed E-state index contributed by atoms with van der Waals surface area (Å²) in [6, 6.07) is 7.61. The van der Waals surface area contributed by atoms with Gasteiger partial charge in [0.15, 0.2) is 0 Å². The number of hydrogen-bond donors (Lipinski definition) is 2. The molecule has 5 nitrogen and oxygen atoms in total. The minimum absolute atomic E-state index is 0.0310. The highest BCUT2D eigenvalue weighted by Gasteiger charge is 2.21. The van der Waals surface area contributed by atoms with Gasteiger partial charge in [-0.3, -0.25) is 4.79 Å². The smallest absolute Gasteiger partial charge is 0.224 e. The number of amides is 1. The number of anilines is 1. The molecule has 0 spiro atoms. The fourth-order valence-corrected chi connectivity index (χ4v) is 2.42. The molecule has 1 aliphatic rings. The van der Waals surface area contributed by atoms with Gasteiger partial charge in [0.25, 0.3) is 0 Å². The molecule has 5 heteroatoms.